The van der Waals surface area contributed by atoms with Crippen molar-refractivity contribution < 1.29 is 9.53 Å². The number of halogens is 1. The van der Waals surface area contributed by atoms with Crippen LogP contribution in [-0.2, 0) is 4.79 Å². The second-order valence-electron chi connectivity index (χ2n) is 7.06. The molecule has 24 heavy (non-hydrogen) atoms. The number of hydrogen-bond donors (Lipinski definition) is 2. The van der Waals surface area contributed by atoms with Crippen molar-refractivity contribution in [3.8, 4) is 5.75 Å². The van der Waals surface area contributed by atoms with Crippen molar-refractivity contribution in [2.45, 2.75) is 63.6 Å². The van der Waals surface area contributed by atoms with Crippen LogP contribution in [0.1, 0.15) is 45.4 Å². The van der Waals surface area contributed by atoms with Gasteiger partial charge in [-0.05, 0) is 50.2 Å². The topological polar surface area (TPSA) is 50.4 Å². The first kappa shape index (κ1) is 17.6. The van der Waals surface area contributed by atoms with Gasteiger partial charge in [-0.15, -0.1) is 0 Å². The van der Waals surface area contributed by atoms with Gasteiger partial charge in [0.05, 0.1) is 11.6 Å². The van der Waals surface area contributed by atoms with Crippen LogP contribution in [0, 0.1) is 5.92 Å². The largest absolute Gasteiger partial charge is 0.487 e. The van der Waals surface area contributed by atoms with Crippen LogP contribution in [0.2, 0.25) is 5.02 Å². The van der Waals surface area contributed by atoms with Crippen molar-refractivity contribution in [3.63, 3.8) is 0 Å². The summed E-state index contributed by atoms with van der Waals surface area (Å²) in [5.41, 5.74) is 0. The van der Waals surface area contributed by atoms with Crippen molar-refractivity contribution in [3.05, 3.63) is 29.3 Å². The van der Waals surface area contributed by atoms with Gasteiger partial charge in [-0.1, -0.05) is 30.7 Å². The lowest BCUT2D eigenvalue weighted by Crippen LogP contribution is -2.41. The molecule has 0 spiro atoms. The minimum atomic E-state index is -0.0574. The van der Waals surface area contributed by atoms with Crippen LogP contribution < -0.4 is 15.4 Å². The molecular weight excluding hydrogens is 324 g/mol. The fourth-order valence-electron chi connectivity index (χ4n) is 3.89. The Morgan fingerprint density at radius 3 is 2.71 bits per heavy atom. The monoisotopic (exact) mass is 350 g/mol. The van der Waals surface area contributed by atoms with Crippen LogP contribution in [-0.4, -0.2) is 30.6 Å². The highest BCUT2D eigenvalue weighted by molar-refractivity contribution is 6.32. The molecule has 1 aromatic carbocycles. The second kappa shape index (κ2) is 8.21. The summed E-state index contributed by atoms with van der Waals surface area (Å²) in [6, 6.07) is 8.72. The highest BCUT2D eigenvalue weighted by atomic mass is 35.5. The Bertz CT molecular complexity index is 554. The van der Waals surface area contributed by atoms with Gasteiger partial charge in [0.2, 0.25) is 5.91 Å². The molecule has 2 fully saturated rings. The van der Waals surface area contributed by atoms with Gasteiger partial charge >= 0.3 is 0 Å². The minimum absolute atomic E-state index is 0.0574. The Morgan fingerprint density at radius 2 is 2.04 bits per heavy atom. The van der Waals surface area contributed by atoms with E-state index < -0.39 is 0 Å². The van der Waals surface area contributed by atoms with Crippen molar-refractivity contribution in [1.29, 1.82) is 0 Å². The van der Waals surface area contributed by atoms with E-state index in [1.165, 1.54) is 12.8 Å². The maximum atomic E-state index is 12.3. The highest BCUT2D eigenvalue weighted by Crippen LogP contribution is 2.32. The van der Waals surface area contributed by atoms with Crippen LogP contribution in [0.25, 0.3) is 0 Å². The van der Waals surface area contributed by atoms with Gasteiger partial charge in [-0.3, -0.25) is 4.79 Å². The van der Waals surface area contributed by atoms with Crippen molar-refractivity contribution in [2.24, 2.45) is 5.92 Å². The summed E-state index contributed by atoms with van der Waals surface area (Å²) in [5.74, 6) is 1.34. The molecule has 0 radical (unpaired) electrons. The molecule has 2 aliphatic heterocycles. The molecule has 0 aromatic heterocycles. The molecule has 2 aliphatic rings. The van der Waals surface area contributed by atoms with Gasteiger partial charge in [0, 0.05) is 18.5 Å². The second-order valence-corrected chi connectivity index (χ2v) is 7.47. The number of hydrogen-bond acceptors (Lipinski definition) is 3. The number of para-hydroxylation sites is 1. The van der Waals surface area contributed by atoms with E-state index in [1.54, 1.807) is 0 Å². The molecule has 2 heterocycles. The van der Waals surface area contributed by atoms with E-state index in [9.17, 15) is 4.79 Å². The Labute approximate surface area is 149 Å². The average molecular weight is 351 g/mol. The number of amides is 1. The number of ether oxygens (including phenoxy) is 1. The third-order valence-electron chi connectivity index (χ3n) is 5.16. The zero-order valence-corrected chi connectivity index (χ0v) is 15.0. The van der Waals surface area contributed by atoms with E-state index in [-0.39, 0.29) is 12.0 Å². The summed E-state index contributed by atoms with van der Waals surface area (Å²) in [7, 11) is 0. The summed E-state index contributed by atoms with van der Waals surface area (Å²) in [5, 5.41) is 7.27. The molecule has 132 valence electrons. The molecule has 1 amide bonds. The third kappa shape index (κ3) is 4.64. The summed E-state index contributed by atoms with van der Waals surface area (Å²) in [6.07, 6.45) is 6.21. The molecule has 3 atom stereocenters. The summed E-state index contributed by atoms with van der Waals surface area (Å²) in [6.45, 7) is 2.58. The molecule has 4 nitrogen and oxygen atoms in total. The van der Waals surface area contributed by atoms with Crippen molar-refractivity contribution >= 4 is 17.5 Å². The molecule has 5 heteroatoms. The smallest absolute Gasteiger partial charge is 0.220 e. The average Bonchev–Trinajstić information content (AvgIpc) is 2.91. The van der Waals surface area contributed by atoms with E-state index >= 15 is 0 Å². The number of benzene rings is 1. The van der Waals surface area contributed by atoms with E-state index in [0.29, 0.717) is 41.7 Å². The van der Waals surface area contributed by atoms with Crippen LogP contribution in [0.15, 0.2) is 24.3 Å². The number of nitrogens with one attached hydrogen (secondary N) is 2. The van der Waals surface area contributed by atoms with E-state index in [0.717, 1.165) is 19.3 Å². The molecule has 0 aliphatic carbocycles. The number of carbonyl (C=O) groups is 1. The molecule has 3 rings (SSSR count). The fourth-order valence-corrected chi connectivity index (χ4v) is 4.07. The van der Waals surface area contributed by atoms with Gasteiger partial charge in [0.25, 0.3) is 0 Å². The maximum absolute atomic E-state index is 12.3. The van der Waals surface area contributed by atoms with Crippen LogP contribution >= 0.6 is 11.6 Å². The number of rotatable bonds is 7. The van der Waals surface area contributed by atoms with E-state index in [1.807, 2.05) is 24.3 Å². The lowest BCUT2D eigenvalue weighted by atomic mass is 9.89. The zero-order chi connectivity index (χ0) is 16.9. The number of fused-ring (bicyclic) bond motifs is 2. The Hall–Kier alpha value is -1.26. The molecule has 2 N–H and O–H groups in total. The first-order valence-corrected chi connectivity index (χ1v) is 9.45. The van der Waals surface area contributed by atoms with Crippen LogP contribution in [0.5, 0.6) is 5.75 Å². The lowest BCUT2D eigenvalue weighted by Gasteiger charge is -2.28. The predicted octanol–water partition coefficient (Wildman–Crippen LogP) is 3.53. The van der Waals surface area contributed by atoms with Gasteiger partial charge in [-0.25, -0.2) is 0 Å². The number of carbonyl (C=O) groups excluding carboxylic acids is 1. The zero-order valence-electron chi connectivity index (χ0n) is 14.3. The first-order chi connectivity index (χ1) is 11.6. The summed E-state index contributed by atoms with van der Waals surface area (Å²) < 4.78 is 5.92. The quantitative estimate of drug-likeness (QED) is 0.790. The standard InChI is InChI=1S/C19H27ClN2O2/c1-2-16(24-18-6-4-3-5-17(18)20)12-21-19(23)11-13-9-14-7-8-15(10-13)22-14/h3-6,13-16,22H,2,7-12H2,1H3,(H,21,23). The van der Waals surface area contributed by atoms with Crippen LogP contribution in [0.3, 0.4) is 0 Å². The molecule has 1 aromatic rings. The van der Waals surface area contributed by atoms with E-state index in [4.69, 9.17) is 16.3 Å². The third-order valence-corrected chi connectivity index (χ3v) is 5.47. The molecule has 2 bridgehead atoms. The Balaban J connectivity index is 1.43. The normalized spacial score (nSPS) is 26.8. The van der Waals surface area contributed by atoms with Gasteiger partial charge in [-0.2, -0.15) is 0 Å². The van der Waals surface area contributed by atoms with Crippen molar-refractivity contribution in [1.82, 2.24) is 10.6 Å². The molecule has 2 saturated heterocycles. The SMILES string of the molecule is CCC(CNC(=O)CC1CC2CCC(C1)N2)Oc1ccccc1Cl. The highest BCUT2D eigenvalue weighted by Gasteiger charge is 2.34. The van der Waals surface area contributed by atoms with Crippen LogP contribution in [0.4, 0.5) is 0 Å². The van der Waals surface area contributed by atoms with Gasteiger partial charge in [0.15, 0.2) is 0 Å². The van der Waals surface area contributed by atoms with Gasteiger partial charge in [0.1, 0.15) is 11.9 Å². The Morgan fingerprint density at radius 1 is 1.33 bits per heavy atom. The molecule has 0 saturated carbocycles. The summed E-state index contributed by atoms with van der Waals surface area (Å²) in [4.78, 5) is 12.3. The van der Waals surface area contributed by atoms with Gasteiger partial charge < -0.3 is 15.4 Å². The minimum Gasteiger partial charge on any atom is -0.487 e. The predicted molar refractivity (Wildman–Crippen MR) is 96.5 cm³/mol. The summed E-state index contributed by atoms with van der Waals surface area (Å²) >= 11 is 6.13. The lowest BCUT2D eigenvalue weighted by molar-refractivity contribution is -0.122. The van der Waals surface area contributed by atoms with E-state index in [2.05, 4.69) is 17.6 Å². The van der Waals surface area contributed by atoms with Crippen molar-refractivity contribution in [2.75, 3.05) is 6.54 Å². The number of piperidine rings is 1. The maximum Gasteiger partial charge on any atom is 0.220 e. The first-order valence-electron chi connectivity index (χ1n) is 9.08. The molecule has 3 unspecified atom stereocenters. The fraction of sp³-hybridized carbons (Fsp3) is 0.632. The molecular formula is C19H27ClN2O2. The Kier molecular flexibility index (Phi) is 6.01.